The topological polar surface area (TPSA) is 80.6 Å². The number of amides is 2. The molecule has 0 fully saturated rings. The van der Waals surface area contributed by atoms with Gasteiger partial charge in [-0.1, -0.05) is 12.1 Å². The van der Waals surface area contributed by atoms with Crippen molar-refractivity contribution in [3.05, 3.63) is 47.7 Å². The van der Waals surface area contributed by atoms with Crippen molar-refractivity contribution in [2.45, 2.75) is 19.3 Å². The van der Waals surface area contributed by atoms with Gasteiger partial charge in [-0.3, -0.25) is 14.5 Å². The van der Waals surface area contributed by atoms with E-state index >= 15 is 0 Å². The van der Waals surface area contributed by atoms with Crippen LogP contribution in [0.2, 0.25) is 0 Å². The minimum Gasteiger partial charge on any atom is -0.493 e. The Labute approximate surface area is 156 Å². The average Bonchev–Trinajstić information content (AvgIpc) is 2.67. The van der Waals surface area contributed by atoms with Gasteiger partial charge in [-0.15, -0.1) is 0 Å². The number of allylic oxidation sites excluding steroid dienone is 2. The van der Waals surface area contributed by atoms with Crippen LogP contribution in [0.4, 0.5) is 0 Å². The summed E-state index contributed by atoms with van der Waals surface area (Å²) in [4.78, 5) is 35.5. The van der Waals surface area contributed by atoms with E-state index in [2.05, 4.69) is 9.98 Å². The molecular weight excluding hydrogens is 346 g/mol. The number of hydrogen-bond acceptors (Lipinski definition) is 5. The van der Waals surface area contributed by atoms with E-state index in [1.165, 1.54) is 0 Å². The number of ether oxygens (including phenoxy) is 2. The zero-order valence-corrected chi connectivity index (χ0v) is 15.3. The Kier molecular flexibility index (Phi) is 4.14. The van der Waals surface area contributed by atoms with Crippen molar-refractivity contribution in [1.82, 2.24) is 4.90 Å². The summed E-state index contributed by atoms with van der Waals surface area (Å²) in [5.74, 6) is 0.597. The molecule has 3 heterocycles. The fraction of sp³-hybridized carbons (Fsp3) is 0.300. The molecule has 0 aromatic heterocycles. The highest BCUT2D eigenvalue weighted by Gasteiger charge is 2.45. The van der Waals surface area contributed by atoms with E-state index in [-0.39, 0.29) is 24.2 Å². The second-order valence-corrected chi connectivity index (χ2v) is 6.60. The third kappa shape index (κ3) is 2.75. The molecule has 0 aliphatic carbocycles. The molecule has 7 nitrogen and oxygen atoms in total. The molecule has 27 heavy (non-hydrogen) atoms. The first kappa shape index (κ1) is 17.2. The summed E-state index contributed by atoms with van der Waals surface area (Å²) in [5, 5.41) is 0. The summed E-state index contributed by atoms with van der Waals surface area (Å²) in [6.07, 6.45) is 5.66. The van der Waals surface area contributed by atoms with Crippen molar-refractivity contribution >= 4 is 23.5 Å². The normalized spacial score (nSPS) is 23.8. The minimum atomic E-state index is -0.611. The molecule has 3 aliphatic rings. The maximum absolute atomic E-state index is 12.9. The maximum atomic E-state index is 12.9. The van der Waals surface area contributed by atoms with E-state index in [0.29, 0.717) is 23.2 Å². The van der Waals surface area contributed by atoms with Crippen LogP contribution in [-0.2, 0) is 9.59 Å². The highest BCUT2D eigenvalue weighted by atomic mass is 16.5. The number of amidine groups is 2. The number of methoxy groups -OCH3 is 2. The number of aliphatic imine (C=N–C) groups is 2. The van der Waals surface area contributed by atoms with Crippen molar-refractivity contribution in [1.29, 1.82) is 0 Å². The van der Waals surface area contributed by atoms with Crippen LogP contribution in [0.3, 0.4) is 0 Å². The van der Waals surface area contributed by atoms with E-state index in [9.17, 15) is 9.59 Å². The van der Waals surface area contributed by atoms with Crippen molar-refractivity contribution in [2.75, 3.05) is 14.2 Å². The van der Waals surface area contributed by atoms with Crippen molar-refractivity contribution in [2.24, 2.45) is 15.9 Å². The lowest BCUT2D eigenvalue weighted by atomic mass is 9.78. The number of carbonyl (C=O) groups is 2. The van der Waals surface area contributed by atoms with Gasteiger partial charge in [-0.25, -0.2) is 0 Å². The number of rotatable bonds is 3. The standard InChI is InChI=1S/C20H19N3O4/c1-11-5-4-8-23-18(11)22-20(25)17-13(10-16(24)21-19(17)23)12-6-7-14(26-2)15(9-12)27-3/h4-9,13,17H,10H2,1-3H3. The van der Waals surface area contributed by atoms with E-state index in [4.69, 9.17) is 9.47 Å². The van der Waals surface area contributed by atoms with Gasteiger partial charge in [0, 0.05) is 18.5 Å². The second-order valence-electron chi connectivity index (χ2n) is 6.60. The minimum absolute atomic E-state index is 0.145. The summed E-state index contributed by atoms with van der Waals surface area (Å²) >= 11 is 0. The molecular formula is C20H19N3O4. The van der Waals surface area contributed by atoms with Gasteiger partial charge in [0.1, 0.15) is 17.6 Å². The highest BCUT2D eigenvalue weighted by molar-refractivity contribution is 6.25. The first-order chi connectivity index (χ1) is 13.0. The number of fused-ring (bicyclic) bond motifs is 3. The lowest BCUT2D eigenvalue weighted by Crippen LogP contribution is -2.50. The van der Waals surface area contributed by atoms with Gasteiger partial charge in [0.15, 0.2) is 11.5 Å². The second kappa shape index (κ2) is 6.50. The van der Waals surface area contributed by atoms with Gasteiger partial charge >= 0.3 is 0 Å². The summed E-state index contributed by atoms with van der Waals surface area (Å²) in [6.45, 7) is 1.87. The Balaban J connectivity index is 1.80. The molecule has 0 saturated heterocycles. The molecule has 138 valence electrons. The first-order valence-electron chi connectivity index (χ1n) is 8.64. The van der Waals surface area contributed by atoms with Crippen LogP contribution in [0.1, 0.15) is 24.8 Å². The fourth-order valence-electron chi connectivity index (χ4n) is 3.72. The molecule has 2 unspecified atom stereocenters. The fourth-order valence-corrected chi connectivity index (χ4v) is 3.72. The van der Waals surface area contributed by atoms with Crippen LogP contribution in [0.5, 0.6) is 11.5 Å². The Morgan fingerprint density at radius 1 is 1.11 bits per heavy atom. The Morgan fingerprint density at radius 3 is 2.63 bits per heavy atom. The Bertz CT molecular complexity index is 958. The van der Waals surface area contributed by atoms with E-state index in [1.807, 2.05) is 31.2 Å². The molecule has 3 aliphatic heterocycles. The molecule has 4 rings (SSSR count). The number of carbonyl (C=O) groups excluding carboxylic acids is 2. The number of hydrogen-bond donors (Lipinski definition) is 0. The van der Waals surface area contributed by atoms with Crippen molar-refractivity contribution in [3.63, 3.8) is 0 Å². The molecule has 1 aromatic rings. The van der Waals surface area contributed by atoms with Crippen molar-refractivity contribution in [3.8, 4) is 11.5 Å². The molecule has 2 atom stereocenters. The molecule has 1 aromatic carbocycles. The van der Waals surface area contributed by atoms with E-state index in [0.717, 1.165) is 11.1 Å². The van der Waals surface area contributed by atoms with Crippen LogP contribution in [0.25, 0.3) is 0 Å². The summed E-state index contributed by atoms with van der Waals surface area (Å²) in [5.41, 5.74) is 1.67. The first-order valence-corrected chi connectivity index (χ1v) is 8.64. The lowest BCUT2D eigenvalue weighted by molar-refractivity contribution is -0.122. The van der Waals surface area contributed by atoms with Gasteiger partial charge < -0.3 is 9.47 Å². The summed E-state index contributed by atoms with van der Waals surface area (Å²) in [7, 11) is 3.11. The monoisotopic (exact) mass is 365 g/mol. The zero-order valence-electron chi connectivity index (χ0n) is 15.3. The van der Waals surface area contributed by atoms with Crippen LogP contribution in [0.15, 0.2) is 52.1 Å². The molecule has 0 saturated carbocycles. The maximum Gasteiger partial charge on any atom is 0.259 e. The van der Waals surface area contributed by atoms with Crippen molar-refractivity contribution < 1.29 is 19.1 Å². The molecule has 0 N–H and O–H groups in total. The summed E-state index contributed by atoms with van der Waals surface area (Å²) < 4.78 is 10.7. The van der Waals surface area contributed by atoms with Gasteiger partial charge in [0.25, 0.3) is 5.91 Å². The third-order valence-electron chi connectivity index (χ3n) is 5.04. The molecule has 0 radical (unpaired) electrons. The third-order valence-corrected chi connectivity index (χ3v) is 5.04. The van der Waals surface area contributed by atoms with Gasteiger partial charge in [-0.05, 0) is 36.3 Å². The quantitative estimate of drug-likeness (QED) is 0.822. The zero-order chi connectivity index (χ0) is 19.1. The smallest absolute Gasteiger partial charge is 0.259 e. The Hall–Kier alpha value is -3.22. The van der Waals surface area contributed by atoms with Crippen LogP contribution in [0, 0.1) is 5.92 Å². The SMILES string of the molecule is COc1ccc(C2CC(=O)N=C3C2C(=O)N=C2C(C)=CC=CN23)cc1OC. The molecule has 2 amide bonds. The van der Waals surface area contributed by atoms with E-state index in [1.54, 1.807) is 31.4 Å². The van der Waals surface area contributed by atoms with Gasteiger partial charge in [0.05, 0.1) is 14.2 Å². The van der Waals surface area contributed by atoms with E-state index < -0.39 is 5.92 Å². The average molecular weight is 365 g/mol. The van der Waals surface area contributed by atoms with Crippen LogP contribution < -0.4 is 9.47 Å². The Morgan fingerprint density at radius 2 is 1.89 bits per heavy atom. The predicted molar refractivity (Wildman–Crippen MR) is 100 cm³/mol. The van der Waals surface area contributed by atoms with Gasteiger partial charge in [0.2, 0.25) is 5.91 Å². The van der Waals surface area contributed by atoms with Gasteiger partial charge in [-0.2, -0.15) is 9.98 Å². The molecule has 0 bridgehead atoms. The largest absolute Gasteiger partial charge is 0.493 e. The summed E-state index contributed by atoms with van der Waals surface area (Å²) in [6, 6.07) is 5.44. The highest BCUT2D eigenvalue weighted by Crippen LogP contribution is 2.40. The number of benzene rings is 1. The number of nitrogens with zero attached hydrogens (tertiary/aromatic N) is 3. The molecule has 7 heteroatoms. The molecule has 0 spiro atoms. The van der Waals surface area contributed by atoms with Crippen LogP contribution in [-0.4, -0.2) is 42.6 Å². The predicted octanol–water partition coefficient (Wildman–Crippen LogP) is 2.45. The lowest BCUT2D eigenvalue weighted by Gasteiger charge is -2.38. The van der Waals surface area contributed by atoms with Crippen LogP contribution >= 0.6 is 0 Å².